The van der Waals surface area contributed by atoms with E-state index in [0.717, 1.165) is 19.4 Å². The van der Waals surface area contributed by atoms with E-state index in [0.29, 0.717) is 13.0 Å². The molecule has 0 bridgehead atoms. The fourth-order valence-corrected chi connectivity index (χ4v) is 2.49. The standard InChI is InChI=1S/C6H11NO2S2.C6H11NS2/c1-11(8,9)5-3-2-4-7-6-10;1-9-5-3-2-4-7-6-8/h2-5H2,1H3;2-5H2,1H3. The van der Waals surface area contributed by atoms with E-state index >= 15 is 0 Å². The number of hydrogen-bond acceptors (Lipinski definition) is 7. The summed E-state index contributed by atoms with van der Waals surface area (Å²) in [6.45, 7) is 1.43. The van der Waals surface area contributed by atoms with Crippen molar-refractivity contribution in [2.24, 2.45) is 9.98 Å². The van der Waals surface area contributed by atoms with Crippen LogP contribution >= 0.6 is 36.2 Å². The second-order valence-corrected chi connectivity index (χ2v) is 7.59. The molecule has 116 valence electrons. The van der Waals surface area contributed by atoms with Crippen LogP contribution in [0.25, 0.3) is 0 Å². The second-order valence-electron chi connectivity index (χ2n) is 3.98. The predicted molar refractivity (Wildman–Crippen MR) is 96.3 cm³/mol. The molecule has 0 aromatic heterocycles. The highest BCUT2D eigenvalue weighted by Gasteiger charge is 1.99. The van der Waals surface area contributed by atoms with Gasteiger partial charge in [0.25, 0.3) is 0 Å². The maximum atomic E-state index is 10.6. The molecule has 0 amide bonds. The van der Waals surface area contributed by atoms with Gasteiger partial charge in [-0.3, -0.25) is 0 Å². The van der Waals surface area contributed by atoms with E-state index in [1.54, 1.807) is 0 Å². The summed E-state index contributed by atoms with van der Waals surface area (Å²) in [6, 6.07) is 0. The maximum Gasteiger partial charge on any atom is 0.147 e. The van der Waals surface area contributed by atoms with Gasteiger partial charge in [-0.1, -0.05) is 0 Å². The lowest BCUT2D eigenvalue weighted by molar-refractivity contribution is 0.597. The number of aliphatic imine (C=N–C) groups is 2. The normalized spacial score (nSPS) is 9.70. The SMILES string of the molecule is CS(=O)(=O)CCCCN=C=S.CSCCCCN=C=S. The van der Waals surface area contributed by atoms with E-state index < -0.39 is 9.84 Å². The summed E-state index contributed by atoms with van der Waals surface area (Å²) in [7, 11) is -2.80. The first kappa shape index (κ1) is 22.2. The first-order valence-electron chi connectivity index (χ1n) is 6.22. The van der Waals surface area contributed by atoms with Crippen LogP contribution in [0.3, 0.4) is 0 Å². The molecule has 0 saturated heterocycles. The zero-order chi connectivity index (χ0) is 15.7. The number of nitrogens with zero attached hydrogens (tertiary/aromatic N) is 2. The summed E-state index contributed by atoms with van der Waals surface area (Å²) >= 11 is 10.6. The molecular weight excluding hydrogens is 332 g/mol. The molecule has 0 aliphatic heterocycles. The molecule has 0 N–H and O–H groups in total. The van der Waals surface area contributed by atoms with Crippen molar-refractivity contribution in [3.8, 4) is 0 Å². The molecule has 0 heterocycles. The summed E-state index contributed by atoms with van der Waals surface area (Å²) in [4.78, 5) is 7.46. The van der Waals surface area contributed by atoms with Crippen molar-refractivity contribution in [2.45, 2.75) is 25.7 Å². The molecule has 0 fully saturated rings. The van der Waals surface area contributed by atoms with Crippen LogP contribution in [0.1, 0.15) is 25.7 Å². The molecule has 8 heteroatoms. The molecule has 0 atom stereocenters. The first-order valence-corrected chi connectivity index (χ1v) is 10.5. The topological polar surface area (TPSA) is 58.9 Å². The molecule has 0 saturated carbocycles. The summed E-state index contributed by atoms with van der Waals surface area (Å²) in [6.07, 6.45) is 7.14. The monoisotopic (exact) mass is 354 g/mol. The lowest BCUT2D eigenvalue weighted by Gasteiger charge is -1.94. The van der Waals surface area contributed by atoms with Crippen LogP contribution in [-0.2, 0) is 9.84 Å². The second kappa shape index (κ2) is 17.0. The van der Waals surface area contributed by atoms with Gasteiger partial charge >= 0.3 is 0 Å². The van der Waals surface area contributed by atoms with Crippen LogP contribution in [0.15, 0.2) is 9.98 Å². The molecule has 0 unspecified atom stereocenters. The van der Waals surface area contributed by atoms with Gasteiger partial charge < -0.3 is 0 Å². The maximum absolute atomic E-state index is 10.6. The van der Waals surface area contributed by atoms with Crippen LogP contribution in [0.4, 0.5) is 0 Å². The van der Waals surface area contributed by atoms with E-state index in [-0.39, 0.29) is 5.75 Å². The molecule has 0 radical (unpaired) electrons. The van der Waals surface area contributed by atoms with Gasteiger partial charge in [0.1, 0.15) is 9.84 Å². The molecule has 0 aromatic rings. The summed E-state index contributed by atoms with van der Waals surface area (Å²) in [5.41, 5.74) is 0. The highest BCUT2D eigenvalue weighted by molar-refractivity contribution is 7.98. The Bertz CT molecular complexity index is 411. The minimum atomic E-state index is -2.80. The van der Waals surface area contributed by atoms with Crippen LogP contribution in [0.5, 0.6) is 0 Å². The summed E-state index contributed by atoms with van der Waals surface area (Å²) in [5.74, 6) is 1.47. The van der Waals surface area contributed by atoms with Gasteiger partial charge in [-0.05, 0) is 62.1 Å². The number of thioether (sulfide) groups is 1. The van der Waals surface area contributed by atoms with E-state index in [4.69, 9.17) is 0 Å². The molecule has 0 aromatic carbocycles. The average molecular weight is 355 g/mol. The van der Waals surface area contributed by atoms with Crippen LogP contribution in [0, 0.1) is 0 Å². The Hall–Kier alpha value is -0.100. The Morgan fingerprint density at radius 2 is 1.50 bits per heavy atom. The third-order valence-electron chi connectivity index (χ3n) is 2.03. The van der Waals surface area contributed by atoms with Crippen molar-refractivity contribution < 1.29 is 8.42 Å². The van der Waals surface area contributed by atoms with Crippen molar-refractivity contribution in [1.29, 1.82) is 0 Å². The molecule has 20 heavy (non-hydrogen) atoms. The van der Waals surface area contributed by atoms with E-state index in [2.05, 4.69) is 51.0 Å². The largest absolute Gasteiger partial charge is 0.233 e. The minimum absolute atomic E-state index is 0.236. The molecule has 0 aliphatic carbocycles. The highest BCUT2D eigenvalue weighted by Crippen LogP contribution is 1.98. The summed E-state index contributed by atoms with van der Waals surface area (Å²) < 4.78 is 21.2. The number of unbranched alkanes of at least 4 members (excludes halogenated alkanes) is 2. The van der Waals surface area contributed by atoms with Gasteiger partial charge in [-0.15, -0.1) is 0 Å². The Balaban J connectivity index is 0. The summed E-state index contributed by atoms with van der Waals surface area (Å²) in [5, 5.41) is 4.57. The molecule has 0 aliphatic rings. The lowest BCUT2D eigenvalue weighted by atomic mass is 10.3. The van der Waals surface area contributed by atoms with Gasteiger partial charge in [-0.2, -0.15) is 11.8 Å². The van der Waals surface area contributed by atoms with E-state index in [1.807, 2.05) is 11.8 Å². The molecular formula is C12H22N2O2S4. The van der Waals surface area contributed by atoms with Crippen molar-refractivity contribution >= 4 is 56.4 Å². The van der Waals surface area contributed by atoms with Crippen molar-refractivity contribution in [2.75, 3.05) is 37.1 Å². The quantitative estimate of drug-likeness (QED) is 0.343. The number of isothiocyanates is 2. The van der Waals surface area contributed by atoms with Gasteiger partial charge in [0, 0.05) is 25.1 Å². The van der Waals surface area contributed by atoms with Gasteiger partial charge in [0.05, 0.1) is 10.3 Å². The van der Waals surface area contributed by atoms with Crippen LogP contribution < -0.4 is 0 Å². The first-order chi connectivity index (χ1) is 9.47. The predicted octanol–water partition coefficient (Wildman–Crippen LogP) is 3.15. The highest BCUT2D eigenvalue weighted by atomic mass is 32.2. The number of rotatable bonds is 10. The number of thiocarbonyl (C=S) groups is 2. The minimum Gasteiger partial charge on any atom is -0.233 e. The number of sulfone groups is 1. The van der Waals surface area contributed by atoms with E-state index in [9.17, 15) is 8.42 Å². The lowest BCUT2D eigenvalue weighted by Crippen LogP contribution is -2.02. The zero-order valence-electron chi connectivity index (χ0n) is 12.0. The zero-order valence-corrected chi connectivity index (χ0v) is 15.3. The Kier molecular flexibility index (Phi) is 18.8. The molecule has 0 spiro atoms. The fraction of sp³-hybridized carbons (Fsp3) is 0.833. The van der Waals surface area contributed by atoms with Gasteiger partial charge in [-0.25, -0.2) is 18.4 Å². The molecule has 4 nitrogen and oxygen atoms in total. The third kappa shape index (κ3) is 26.5. The van der Waals surface area contributed by atoms with Crippen LogP contribution in [0.2, 0.25) is 0 Å². The Morgan fingerprint density at radius 3 is 1.90 bits per heavy atom. The van der Waals surface area contributed by atoms with Crippen molar-refractivity contribution in [1.82, 2.24) is 0 Å². The Labute approximate surface area is 137 Å². The van der Waals surface area contributed by atoms with Crippen LogP contribution in [-0.4, -0.2) is 55.8 Å². The van der Waals surface area contributed by atoms with E-state index in [1.165, 1.54) is 18.4 Å². The van der Waals surface area contributed by atoms with Gasteiger partial charge in [0.2, 0.25) is 0 Å². The van der Waals surface area contributed by atoms with Crippen molar-refractivity contribution in [3.63, 3.8) is 0 Å². The van der Waals surface area contributed by atoms with Crippen molar-refractivity contribution in [3.05, 3.63) is 0 Å². The third-order valence-corrected chi connectivity index (χ3v) is 4.02. The van der Waals surface area contributed by atoms with Gasteiger partial charge in [0.15, 0.2) is 0 Å². The average Bonchev–Trinajstić information content (AvgIpc) is 2.38. The fourth-order valence-electron chi connectivity index (χ4n) is 1.08. The Morgan fingerprint density at radius 1 is 1.00 bits per heavy atom. The number of hydrogen-bond donors (Lipinski definition) is 0. The molecule has 0 rings (SSSR count). The smallest absolute Gasteiger partial charge is 0.147 e.